The van der Waals surface area contributed by atoms with Crippen molar-refractivity contribution in [1.29, 1.82) is 0 Å². The lowest BCUT2D eigenvalue weighted by Gasteiger charge is -2.20. The van der Waals surface area contributed by atoms with Crippen LogP contribution >= 0.6 is 0 Å². The number of ketones is 2. The van der Waals surface area contributed by atoms with Gasteiger partial charge in [-0.2, -0.15) is 0 Å². The SMILES string of the molecule is O=C(OC(CCOc1ccc(C(=O)c2ccccc2)c(O)c1)Oc1ccc(C(=O)c2ccccc2)c(O)c1)c1ccccc1. The summed E-state index contributed by atoms with van der Waals surface area (Å²) < 4.78 is 17.3. The van der Waals surface area contributed by atoms with Crippen LogP contribution in [0.1, 0.15) is 48.6 Å². The van der Waals surface area contributed by atoms with Crippen molar-refractivity contribution in [1.82, 2.24) is 0 Å². The zero-order chi connectivity index (χ0) is 30.9. The summed E-state index contributed by atoms with van der Waals surface area (Å²) in [6, 6.07) is 34.1. The van der Waals surface area contributed by atoms with Gasteiger partial charge in [0.1, 0.15) is 23.0 Å². The third-order valence-corrected chi connectivity index (χ3v) is 6.64. The summed E-state index contributed by atoms with van der Waals surface area (Å²) in [6.45, 7) is 0.00864. The Morgan fingerprint density at radius 1 is 0.568 bits per heavy atom. The van der Waals surface area contributed by atoms with Crippen LogP contribution in [0.5, 0.6) is 23.0 Å². The van der Waals surface area contributed by atoms with Crippen molar-refractivity contribution in [3.63, 3.8) is 0 Å². The van der Waals surface area contributed by atoms with Crippen LogP contribution in [0.15, 0.2) is 127 Å². The highest BCUT2D eigenvalue weighted by molar-refractivity contribution is 6.11. The van der Waals surface area contributed by atoms with Crippen LogP contribution in [0.25, 0.3) is 0 Å². The van der Waals surface area contributed by atoms with E-state index in [9.17, 15) is 24.6 Å². The molecule has 1 atom stereocenters. The van der Waals surface area contributed by atoms with Gasteiger partial charge >= 0.3 is 5.97 Å². The van der Waals surface area contributed by atoms with Gasteiger partial charge in [0.15, 0.2) is 11.6 Å². The van der Waals surface area contributed by atoms with Crippen LogP contribution in [0.3, 0.4) is 0 Å². The average molecular weight is 589 g/mol. The van der Waals surface area contributed by atoms with E-state index in [1.807, 2.05) is 0 Å². The summed E-state index contributed by atoms with van der Waals surface area (Å²) in [7, 11) is 0. The minimum absolute atomic E-state index is 0.00864. The molecule has 44 heavy (non-hydrogen) atoms. The van der Waals surface area contributed by atoms with Gasteiger partial charge < -0.3 is 24.4 Å². The molecule has 0 amide bonds. The minimum atomic E-state index is -1.13. The Morgan fingerprint density at radius 3 is 1.52 bits per heavy atom. The average Bonchev–Trinajstić information content (AvgIpc) is 3.05. The topological polar surface area (TPSA) is 119 Å². The molecule has 0 spiro atoms. The van der Waals surface area contributed by atoms with Crippen molar-refractivity contribution in [2.24, 2.45) is 0 Å². The van der Waals surface area contributed by atoms with Gasteiger partial charge in [0.2, 0.25) is 6.29 Å². The second kappa shape index (κ2) is 13.8. The van der Waals surface area contributed by atoms with E-state index < -0.39 is 12.3 Å². The first-order valence-corrected chi connectivity index (χ1v) is 13.8. The van der Waals surface area contributed by atoms with Crippen LogP contribution in [-0.2, 0) is 4.74 Å². The Kier molecular flexibility index (Phi) is 9.32. The van der Waals surface area contributed by atoms with Gasteiger partial charge in [-0.05, 0) is 36.4 Å². The number of hydrogen-bond donors (Lipinski definition) is 2. The Balaban J connectivity index is 1.27. The quantitative estimate of drug-likeness (QED) is 0.0952. The normalized spacial score (nSPS) is 11.3. The smallest absolute Gasteiger partial charge is 0.341 e. The number of phenols is 2. The summed E-state index contributed by atoms with van der Waals surface area (Å²) in [5.74, 6) is -1.37. The zero-order valence-corrected chi connectivity index (χ0v) is 23.5. The Hall–Kier alpha value is -5.89. The number of benzene rings is 5. The molecule has 220 valence electrons. The standard InChI is InChI=1S/C36H28O8/c37-31-22-27(16-18-29(31)34(39)24-10-4-1-5-11-24)42-21-20-33(44-36(41)26-14-8-3-9-15-26)43-28-17-19-30(32(38)23-28)35(40)25-12-6-2-7-13-25/h1-19,22-23,33,37-38H,20-21H2. The lowest BCUT2D eigenvalue weighted by molar-refractivity contribution is -0.0571. The van der Waals surface area contributed by atoms with Gasteiger partial charge in [0.25, 0.3) is 0 Å². The van der Waals surface area contributed by atoms with Gasteiger partial charge in [-0.3, -0.25) is 9.59 Å². The molecule has 5 aromatic rings. The second-order valence-electron chi connectivity index (χ2n) is 9.70. The second-order valence-corrected chi connectivity index (χ2v) is 9.70. The molecule has 0 bridgehead atoms. The van der Waals surface area contributed by atoms with Crippen LogP contribution in [0, 0.1) is 0 Å². The van der Waals surface area contributed by atoms with Gasteiger partial charge in [-0.25, -0.2) is 4.79 Å². The van der Waals surface area contributed by atoms with Crippen LogP contribution in [0.4, 0.5) is 0 Å². The maximum atomic E-state index is 12.8. The highest BCUT2D eigenvalue weighted by atomic mass is 16.7. The van der Waals surface area contributed by atoms with E-state index in [4.69, 9.17) is 14.2 Å². The number of esters is 1. The van der Waals surface area contributed by atoms with Crippen molar-refractivity contribution in [2.75, 3.05) is 6.61 Å². The van der Waals surface area contributed by atoms with E-state index in [2.05, 4.69) is 0 Å². The molecule has 0 fully saturated rings. The summed E-state index contributed by atoms with van der Waals surface area (Å²) in [6.07, 6.45) is -1.07. The molecule has 2 N–H and O–H groups in total. The van der Waals surface area contributed by atoms with E-state index in [-0.39, 0.29) is 53.0 Å². The first kappa shape index (κ1) is 29.6. The maximum Gasteiger partial charge on any atom is 0.341 e. The van der Waals surface area contributed by atoms with Gasteiger partial charge in [0.05, 0.1) is 29.7 Å². The molecule has 8 heteroatoms. The number of hydrogen-bond acceptors (Lipinski definition) is 8. The number of carbonyl (C=O) groups is 3. The monoisotopic (exact) mass is 588 g/mol. The third kappa shape index (κ3) is 7.30. The predicted octanol–water partition coefficient (Wildman–Crippen LogP) is 6.59. The number of rotatable bonds is 12. The highest BCUT2D eigenvalue weighted by Crippen LogP contribution is 2.28. The fraction of sp³-hybridized carbons (Fsp3) is 0.0833. The summed E-state index contributed by atoms with van der Waals surface area (Å²) in [4.78, 5) is 38.3. The minimum Gasteiger partial charge on any atom is -0.507 e. The predicted molar refractivity (Wildman–Crippen MR) is 162 cm³/mol. The fourth-order valence-corrected chi connectivity index (χ4v) is 4.39. The third-order valence-electron chi connectivity index (χ3n) is 6.64. The summed E-state index contributed by atoms with van der Waals surface area (Å²) in [5, 5.41) is 21.1. The molecular formula is C36H28O8. The number of carbonyl (C=O) groups excluding carboxylic acids is 3. The fourth-order valence-electron chi connectivity index (χ4n) is 4.39. The van der Waals surface area contributed by atoms with E-state index in [0.29, 0.717) is 22.4 Å². The number of ether oxygens (including phenoxy) is 3. The molecule has 5 rings (SSSR count). The summed E-state index contributed by atoms with van der Waals surface area (Å²) in [5.41, 5.74) is 1.42. The van der Waals surface area contributed by atoms with E-state index in [1.54, 1.807) is 97.1 Å². The first-order valence-electron chi connectivity index (χ1n) is 13.8. The summed E-state index contributed by atoms with van der Waals surface area (Å²) >= 11 is 0. The van der Waals surface area contributed by atoms with Crippen LogP contribution in [-0.4, -0.2) is 40.6 Å². The van der Waals surface area contributed by atoms with E-state index in [0.717, 1.165) is 0 Å². The molecule has 0 aliphatic rings. The van der Waals surface area contributed by atoms with Crippen molar-refractivity contribution in [3.05, 3.63) is 155 Å². The van der Waals surface area contributed by atoms with E-state index >= 15 is 0 Å². The van der Waals surface area contributed by atoms with Crippen molar-refractivity contribution in [3.8, 4) is 23.0 Å². The zero-order valence-electron chi connectivity index (χ0n) is 23.5. The largest absolute Gasteiger partial charge is 0.507 e. The number of phenolic OH excluding ortho intramolecular Hbond substituents is 2. The molecule has 5 aromatic carbocycles. The van der Waals surface area contributed by atoms with E-state index in [1.165, 1.54) is 30.3 Å². The van der Waals surface area contributed by atoms with Crippen molar-refractivity contribution in [2.45, 2.75) is 12.7 Å². The first-order chi connectivity index (χ1) is 21.4. The molecule has 8 nitrogen and oxygen atoms in total. The molecule has 0 saturated heterocycles. The maximum absolute atomic E-state index is 12.8. The Labute approximate surface area is 253 Å². The van der Waals surface area contributed by atoms with Crippen molar-refractivity contribution < 1.29 is 38.8 Å². The van der Waals surface area contributed by atoms with Gasteiger partial charge in [-0.1, -0.05) is 78.9 Å². The number of aromatic hydroxyl groups is 2. The molecule has 1 unspecified atom stereocenters. The lowest BCUT2D eigenvalue weighted by atomic mass is 10.0. The van der Waals surface area contributed by atoms with Crippen LogP contribution in [0.2, 0.25) is 0 Å². The molecule has 0 saturated carbocycles. The molecule has 0 aliphatic heterocycles. The molecule has 0 aliphatic carbocycles. The molecule has 0 radical (unpaired) electrons. The molecule has 0 aromatic heterocycles. The Bertz CT molecular complexity index is 1750. The van der Waals surface area contributed by atoms with Gasteiger partial charge in [0, 0.05) is 23.3 Å². The van der Waals surface area contributed by atoms with Crippen LogP contribution < -0.4 is 9.47 Å². The van der Waals surface area contributed by atoms with Crippen molar-refractivity contribution >= 4 is 17.5 Å². The Morgan fingerprint density at radius 2 is 1.02 bits per heavy atom. The van der Waals surface area contributed by atoms with Gasteiger partial charge in [-0.15, -0.1) is 0 Å². The highest BCUT2D eigenvalue weighted by Gasteiger charge is 2.21. The lowest BCUT2D eigenvalue weighted by Crippen LogP contribution is -2.26. The molecular weight excluding hydrogens is 560 g/mol. The molecule has 0 heterocycles.